The summed E-state index contributed by atoms with van der Waals surface area (Å²) in [6.45, 7) is 6.93. The zero-order valence-electron chi connectivity index (χ0n) is 10.9. The molecule has 0 bridgehead atoms. The van der Waals surface area contributed by atoms with E-state index in [2.05, 4.69) is 22.5 Å². The van der Waals surface area contributed by atoms with Gasteiger partial charge in [-0.05, 0) is 26.0 Å². The minimum Gasteiger partial charge on any atom is -0.398 e. The Morgan fingerprint density at radius 2 is 2.26 bits per heavy atom. The minimum atomic E-state index is -1.64. The maximum absolute atomic E-state index is 14.3. The highest BCUT2D eigenvalue weighted by molar-refractivity contribution is 9.10. The molecule has 3 nitrogen and oxygen atoms in total. The van der Waals surface area contributed by atoms with Crippen LogP contribution >= 0.6 is 15.9 Å². The van der Waals surface area contributed by atoms with Crippen LogP contribution < -0.4 is 5.73 Å². The average Bonchev–Trinajstić information content (AvgIpc) is 2.72. The van der Waals surface area contributed by atoms with Crippen LogP contribution in [0.1, 0.15) is 29.8 Å². The lowest BCUT2D eigenvalue weighted by Gasteiger charge is -2.32. The number of hydrogen-bond donors (Lipinski definition) is 1. The first-order chi connectivity index (χ1) is 8.79. The predicted octanol–water partition coefficient (Wildman–Crippen LogP) is 3.29. The summed E-state index contributed by atoms with van der Waals surface area (Å²) < 4.78 is 15.1. The van der Waals surface area contributed by atoms with Gasteiger partial charge in [-0.3, -0.25) is 4.79 Å². The average molecular weight is 327 g/mol. The Hall–Kier alpha value is -1.36. The number of benzene rings is 1. The summed E-state index contributed by atoms with van der Waals surface area (Å²) in [5.41, 5.74) is 5.93. The van der Waals surface area contributed by atoms with E-state index in [0.29, 0.717) is 17.8 Å². The van der Waals surface area contributed by atoms with Gasteiger partial charge in [-0.2, -0.15) is 0 Å². The molecular formula is C14H16BrFN2O. The van der Waals surface area contributed by atoms with E-state index in [1.807, 2.05) is 0 Å². The molecule has 1 aliphatic heterocycles. The molecule has 2 unspecified atom stereocenters. The van der Waals surface area contributed by atoms with E-state index >= 15 is 0 Å². The van der Waals surface area contributed by atoms with Crippen LogP contribution in [0.15, 0.2) is 29.3 Å². The number of alkyl halides is 1. The van der Waals surface area contributed by atoms with Crippen LogP contribution in [-0.4, -0.2) is 22.5 Å². The van der Waals surface area contributed by atoms with Crippen LogP contribution in [0.5, 0.6) is 0 Å². The fourth-order valence-electron chi connectivity index (χ4n) is 2.22. The van der Waals surface area contributed by atoms with Crippen molar-refractivity contribution in [1.82, 2.24) is 4.90 Å². The third kappa shape index (κ3) is 2.16. The van der Waals surface area contributed by atoms with Gasteiger partial charge in [-0.1, -0.05) is 28.6 Å². The van der Waals surface area contributed by atoms with Crippen LogP contribution in [0.2, 0.25) is 0 Å². The summed E-state index contributed by atoms with van der Waals surface area (Å²) in [4.78, 5) is 13.9. The van der Waals surface area contributed by atoms with Crippen LogP contribution in [-0.2, 0) is 6.54 Å². The number of carbonyl (C=O) groups is 1. The van der Waals surface area contributed by atoms with Crippen molar-refractivity contribution in [3.05, 3.63) is 40.4 Å². The summed E-state index contributed by atoms with van der Waals surface area (Å²) in [5, 5.41) is 0. The smallest absolute Gasteiger partial charge is 0.257 e. The minimum absolute atomic E-state index is 0.230. The molecule has 0 radical (unpaired) electrons. The van der Waals surface area contributed by atoms with E-state index in [1.54, 1.807) is 19.1 Å². The largest absolute Gasteiger partial charge is 0.398 e. The van der Waals surface area contributed by atoms with Crippen molar-refractivity contribution in [2.45, 2.75) is 32.1 Å². The fraction of sp³-hybridized carbons (Fsp3) is 0.357. The molecule has 0 aromatic heterocycles. The molecule has 19 heavy (non-hydrogen) atoms. The van der Waals surface area contributed by atoms with Gasteiger partial charge in [0, 0.05) is 22.3 Å². The van der Waals surface area contributed by atoms with E-state index in [-0.39, 0.29) is 5.91 Å². The molecule has 102 valence electrons. The normalized spacial score (nSPS) is 18.9. The molecule has 1 amide bonds. The first-order valence-corrected chi connectivity index (χ1v) is 6.79. The molecule has 0 saturated heterocycles. The molecule has 2 atom stereocenters. The van der Waals surface area contributed by atoms with E-state index < -0.39 is 11.7 Å². The number of nitrogens with zero attached hydrogens (tertiary/aromatic N) is 1. The first-order valence-electron chi connectivity index (χ1n) is 6.00. The number of halogens is 2. The van der Waals surface area contributed by atoms with Crippen LogP contribution in [0.3, 0.4) is 0 Å². The van der Waals surface area contributed by atoms with Crippen LogP contribution in [0.4, 0.5) is 10.1 Å². The molecular weight excluding hydrogens is 311 g/mol. The van der Waals surface area contributed by atoms with Crippen molar-refractivity contribution >= 4 is 27.5 Å². The van der Waals surface area contributed by atoms with Gasteiger partial charge in [0.15, 0.2) is 0 Å². The maximum Gasteiger partial charge on any atom is 0.257 e. The SMILES string of the molecule is C=CC(C)(F)C(C)N1Cc2c(Br)ccc(N)c2C1=O. The zero-order chi connectivity index (χ0) is 14.4. The van der Waals surface area contributed by atoms with Crippen LogP contribution in [0, 0.1) is 0 Å². The number of hydrogen-bond acceptors (Lipinski definition) is 2. The van der Waals surface area contributed by atoms with Crippen molar-refractivity contribution in [2.75, 3.05) is 5.73 Å². The van der Waals surface area contributed by atoms with Gasteiger partial charge in [-0.25, -0.2) is 4.39 Å². The molecule has 5 heteroatoms. The summed E-state index contributed by atoms with van der Waals surface area (Å²) in [6.07, 6.45) is 1.23. The Morgan fingerprint density at radius 1 is 1.63 bits per heavy atom. The summed E-state index contributed by atoms with van der Waals surface area (Å²) in [6, 6.07) is 2.88. The number of anilines is 1. The topological polar surface area (TPSA) is 46.3 Å². The number of rotatable bonds is 3. The molecule has 0 saturated carbocycles. The van der Waals surface area contributed by atoms with Crippen molar-refractivity contribution in [1.29, 1.82) is 0 Å². The molecule has 1 aromatic rings. The van der Waals surface area contributed by atoms with Gasteiger partial charge in [0.05, 0.1) is 11.6 Å². The van der Waals surface area contributed by atoms with Gasteiger partial charge in [-0.15, -0.1) is 0 Å². The second-order valence-corrected chi connectivity index (χ2v) is 5.81. The first kappa shape index (κ1) is 14.1. The summed E-state index contributed by atoms with van der Waals surface area (Å²) >= 11 is 3.40. The number of nitrogens with two attached hydrogens (primary N) is 1. The zero-order valence-corrected chi connectivity index (χ0v) is 12.5. The number of amides is 1. The van der Waals surface area contributed by atoms with Crippen molar-refractivity contribution in [3.8, 4) is 0 Å². The lowest BCUT2D eigenvalue weighted by atomic mass is 9.99. The lowest BCUT2D eigenvalue weighted by molar-refractivity contribution is 0.0510. The number of carbonyl (C=O) groups excluding carboxylic acids is 1. The molecule has 1 aromatic carbocycles. The van der Waals surface area contributed by atoms with Gasteiger partial charge >= 0.3 is 0 Å². The Labute approximate surface area is 120 Å². The second kappa shape index (κ2) is 4.63. The lowest BCUT2D eigenvalue weighted by Crippen LogP contribution is -2.45. The monoisotopic (exact) mass is 326 g/mol. The fourth-order valence-corrected chi connectivity index (χ4v) is 2.68. The van der Waals surface area contributed by atoms with Gasteiger partial charge in [0.1, 0.15) is 5.67 Å². The molecule has 2 N–H and O–H groups in total. The molecule has 1 heterocycles. The quantitative estimate of drug-likeness (QED) is 0.684. The van der Waals surface area contributed by atoms with Crippen molar-refractivity contribution < 1.29 is 9.18 Å². The second-order valence-electron chi connectivity index (χ2n) is 4.95. The standard InChI is InChI=1S/C14H16BrFN2O/c1-4-14(3,16)8(2)18-7-9-10(15)5-6-11(17)12(9)13(18)19/h4-6,8H,1,7,17H2,2-3H3. The molecule has 0 fully saturated rings. The van der Waals surface area contributed by atoms with Crippen molar-refractivity contribution in [2.24, 2.45) is 0 Å². The highest BCUT2D eigenvalue weighted by Crippen LogP contribution is 2.36. The third-order valence-electron chi connectivity index (χ3n) is 3.77. The molecule has 0 spiro atoms. The Morgan fingerprint density at radius 3 is 2.79 bits per heavy atom. The summed E-state index contributed by atoms with van der Waals surface area (Å²) in [7, 11) is 0. The van der Waals surface area contributed by atoms with E-state index in [9.17, 15) is 9.18 Å². The molecule has 0 aliphatic carbocycles. The Balaban J connectivity index is 2.42. The van der Waals surface area contributed by atoms with Crippen LogP contribution in [0.25, 0.3) is 0 Å². The van der Waals surface area contributed by atoms with Gasteiger partial charge in [0.2, 0.25) is 0 Å². The summed E-state index contributed by atoms with van der Waals surface area (Å²) in [5.74, 6) is -0.230. The Bertz CT molecular complexity index is 557. The number of fused-ring (bicyclic) bond motifs is 1. The maximum atomic E-state index is 14.3. The number of nitrogen functional groups attached to an aromatic ring is 1. The highest BCUT2D eigenvalue weighted by Gasteiger charge is 2.40. The van der Waals surface area contributed by atoms with E-state index in [1.165, 1.54) is 17.9 Å². The highest BCUT2D eigenvalue weighted by atomic mass is 79.9. The van der Waals surface area contributed by atoms with Gasteiger partial charge < -0.3 is 10.6 Å². The predicted molar refractivity (Wildman–Crippen MR) is 77.6 cm³/mol. The van der Waals surface area contributed by atoms with Gasteiger partial charge in [0.25, 0.3) is 5.91 Å². The molecule has 1 aliphatic rings. The van der Waals surface area contributed by atoms with Crippen molar-refractivity contribution in [3.63, 3.8) is 0 Å². The van der Waals surface area contributed by atoms with E-state index in [0.717, 1.165) is 10.0 Å². The Kier molecular flexibility index (Phi) is 3.43. The van der Waals surface area contributed by atoms with E-state index in [4.69, 9.17) is 5.73 Å². The third-order valence-corrected chi connectivity index (χ3v) is 4.52. The molecule has 2 rings (SSSR count).